The SMILES string of the molecule is Cc1cccc(C(=O)O)c1NS(=O)(=O)N1CCCCC1C. The van der Waals surface area contributed by atoms with Gasteiger partial charge in [-0.25, -0.2) is 4.79 Å². The molecule has 2 rings (SSSR count). The van der Waals surface area contributed by atoms with Gasteiger partial charge >= 0.3 is 16.2 Å². The summed E-state index contributed by atoms with van der Waals surface area (Å²) in [5, 5.41) is 9.20. The number of piperidine rings is 1. The van der Waals surface area contributed by atoms with E-state index in [1.54, 1.807) is 19.1 Å². The highest BCUT2D eigenvalue weighted by Gasteiger charge is 2.30. The highest BCUT2D eigenvalue weighted by molar-refractivity contribution is 7.90. The molecule has 0 amide bonds. The fraction of sp³-hybridized carbons (Fsp3) is 0.500. The Kier molecular flexibility index (Phi) is 4.53. The quantitative estimate of drug-likeness (QED) is 0.892. The number of nitrogens with zero attached hydrogens (tertiary/aromatic N) is 1. The molecule has 0 bridgehead atoms. The highest BCUT2D eigenvalue weighted by atomic mass is 32.2. The molecule has 1 unspecified atom stereocenters. The van der Waals surface area contributed by atoms with Crippen LogP contribution < -0.4 is 4.72 Å². The van der Waals surface area contributed by atoms with Crippen molar-refractivity contribution in [1.82, 2.24) is 4.31 Å². The van der Waals surface area contributed by atoms with E-state index in [-0.39, 0.29) is 17.3 Å². The zero-order valence-electron chi connectivity index (χ0n) is 12.2. The van der Waals surface area contributed by atoms with Gasteiger partial charge in [-0.15, -0.1) is 0 Å². The first-order valence-corrected chi connectivity index (χ1v) is 8.39. The highest BCUT2D eigenvalue weighted by Crippen LogP contribution is 2.26. The van der Waals surface area contributed by atoms with Crippen molar-refractivity contribution in [3.05, 3.63) is 29.3 Å². The molecule has 0 aliphatic carbocycles. The van der Waals surface area contributed by atoms with Gasteiger partial charge in [0.2, 0.25) is 0 Å². The normalized spacial score (nSPS) is 20.2. The Hall–Kier alpha value is -1.60. The number of anilines is 1. The number of hydrogen-bond acceptors (Lipinski definition) is 3. The minimum atomic E-state index is -3.74. The summed E-state index contributed by atoms with van der Waals surface area (Å²) in [7, 11) is -3.74. The lowest BCUT2D eigenvalue weighted by molar-refractivity contribution is 0.0698. The fourth-order valence-electron chi connectivity index (χ4n) is 2.60. The third kappa shape index (κ3) is 3.36. The first-order valence-electron chi connectivity index (χ1n) is 6.95. The van der Waals surface area contributed by atoms with Crippen LogP contribution in [0.2, 0.25) is 0 Å². The number of carboxylic acids is 1. The summed E-state index contributed by atoms with van der Waals surface area (Å²) >= 11 is 0. The van der Waals surface area contributed by atoms with Crippen LogP contribution in [0.15, 0.2) is 18.2 Å². The average Bonchev–Trinajstić information content (AvgIpc) is 2.41. The molecule has 0 radical (unpaired) electrons. The van der Waals surface area contributed by atoms with E-state index in [1.807, 2.05) is 6.92 Å². The van der Waals surface area contributed by atoms with E-state index < -0.39 is 16.2 Å². The molecule has 1 saturated heterocycles. The third-order valence-electron chi connectivity index (χ3n) is 3.78. The molecule has 6 nitrogen and oxygen atoms in total. The Morgan fingerprint density at radius 1 is 1.38 bits per heavy atom. The number of hydrogen-bond donors (Lipinski definition) is 2. The molecule has 1 aromatic carbocycles. The molecule has 0 spiro atoms. The average molecular weight is 312 g/mol. The number of nitrogens with one attached hydrogen (secondary N) is 1. The minimum Gasteiger partial charge on any atom is -0.478 e. The summed E-state index contributed by atoms with van der Waals surface area (Å²) < 4.78 is 28.9. The summed E-state index contributed by atoms with van der Waals surface area (Å²) in [6.45, 7) is 4.02. The van der Waals surface area contributed by atoms with Crippen molar-refractivity contribution in [2.75, 3.05) is 11.3 Å². The van der Waals surface area contributed by atoms with Crippen molar-refractivity contribution in [3.63, 3.8) is 0 Å². The maximum absolute atomic E-state index is 12.5. The van der Waals surface area contributed by atoms with Gasteiger partial charge in [-0.2, -0.15) is 12.7 Å². The van der Waals surface area contributed by atoms with E-state index in [0.717, 1.165) is 19.3 Å². The van der Waals surface area contributed by atoms with E-state index in [4.69, 9.17) is 0 Å². The van der Waals surface area contributed by atoms with Crippen molar-refractivity contribution in [2.45, 2.75) is 39.2 Å². The zero-order valence-corrected chi connectivity index (χ0v) is 13.0. The van der Waals surface area contributed by atoms with Crippen LogP contribution in [-0.4, -0.2) is 36.4 Å². The molecular formula is C14H20N2O4S. The van der Waals surface area contributed by atoms with E-state index in [2.05, 4.69) is 4.72 Å². The molecular weight excluding hydrogens is 292 g/mol. The van der Waals surface area contributed by atoms with Crippen molar-refractivity contribution in [3.8, 4) is 0 Å². The summed E-state index contributed by atoms with van der Waals surface area (Å²) in [5.41, 5.74) is 0.689. The van der Waals surface area contributed by atoms with Gasteiger partial charge < -0.3 is 5.11 Å². The molecule has 7 heteroatoms. The Morgan fingerprint density at radius 3 is 2.71 bits per heavy atom. The third-order valence-corrected chi connectivity index (χ3v) is 5.41. The number of aryl methyl sites for hydroxylation is 1. The van der Waals surface area contributed by atoms with E-state index in [9.17, 15) is 18.3 Å². The number of rotatable bonds is 4. The summed E-state index contributed by atoms with van der Waals surface area (Å²) in [5.74, 6) is -1.15. The van der Waals surface area contributed by atoms with Gasteiger partial charge in [-0.05, 0) is 38.3 Å². The van der Waals surface area contributed by atoms with Crippen molar-refractivity contribution < 1.29 is 18.3 Å². The molecule has 1 aliphatic heterocycles. The molecule has 1 fully saturated rings. The second-order valence-corrected chi connectivity index (χ2v) is 6.99. The predicted octanol–water partition coefficient (Wildman–Crippen LogP) is 2.22. The molecule has 116 valence electrons. The molecule has 1 atom stereocenters. The van der Waals surface area contributed by atoms with Gasteiger partial charge in [0.15, 0.2) is 0 Å². The van der Waals surface area contributed by atoms with Crippen LogP contribution in [0.1, 0.15) is 42.1 Å². The maximum atomic E-state index is 12.5. The second-order valence-electron chi connectivity index (χ2n) is 5.37. The number of para-hydroxylation sites is 1. The monoisotopic (exact) mass is 312 g/mol. The van der Waals surface area contributed by atoms with Crippen molar-refractivity contribution in [1.29, 1.82) is 0 Å². The lowest BCUT2D eigenvalue weighted by Gasteiger charge is -2.32. The van der Waals surface area contributed by atoms with Crippen LogP contribution in [0.25, 0.3) is 0 Å². The molecule has 2 N–H and O–H groups in total. The lowest BCUT2D eigenvalue weighted by Crippen LogP contribution is -2.45. The molecule has 1 aromatic rings. The smallest absolute Gasteiger partial charge is 0.337 e. The largest absolute Gasteiger partial charge is 0.478 e. The number of carboxylic acid groups (broad SMARTS) is 1. The molecule has 1 aliphatic rings. The number of aromatic carboxylic acids is 1. The lowest BCUT2D eigenvalue weighted by atomic mass is 10.1. The maximum Gasteiger partial charge on any atom is 0.337 e. The van der Waals surface area contributed by atoms with Crippen LogP contribution in [0, 0.1) is 6.92 Å². The molecule has 0 saturated carbocycles. The second kappa shape index (κ2) is 6.03. The zero-order chi connectivity index (χ0) is 15.6. The Bertz CT molecular complexity index is 642. The van der Waals surface area contributed by atoms with Crippen LogP contribution in [0.5, 0.6) is 0 Å². The van der Waals surface area contributed by atoms with Gasteiger partial charge in [0, 0.05) is 12.6 Å². The van der Waals surface area contributed by atoms with E-state index in [1.165, 1.54) is 10.4 Å². The Morgan fingerprint density at radius 2 is 2.10 bits per heavy atom. The summed E-state index contributed by atoms with van der Waals surface area (Å²) in [4.78, 5) is 11.3. The Labute approximate surface area is 125 Å². The van der Waals surface area contributed by atoms with Gasteiger partial charge in [0.25, 0.3) is 0 Å². The van der Waals surface area contributed by atoms with Gasteiger partial charge in [-0.3, -0.25) is 4.72 Å². The van der Waals surface area contributed by atoms with E-state index in [0.29, 0.717) is 12.1 Å². The summed E-state index contributed by atoms with van der Waals surface area (Å²) in [6, 6.07) is 4.60. The standard InChI is InChI=1S/C14H20N2O4S/c1-10-6-5-8-12(14(17)18)13(10)15-21(19,20)16-9-4-3-7-11(16)2/h5-6,8,11,15H,3-4,7,9H2,1-2H3,(H,17,18). The van der Waals surface area contributed by atoms with Crippen LogP contribution in [0.4, 0.5) is 5.69 Å². The van der Waals surface area contributed by atoms with E-state index >= 15 is 0 Å². The van der Waals surface area contributed by atoms with Gasteiger partial charge in [-0.1, -0.05) is 18.6 Å². The Balaban J connectivity index is 2.35. The number of carbonyl (C=O) groups is 1. The molecule has 1 heterocycles. The van der Waals surface area contributed by atoms with Crippen molar-refractivity contribution >= 4 is 21.9 Å². The van der Waals surface area contributed by atoms with Crippen molar-refractivity contribution in [2.24, 2.45) is 0 Å². The first kappa shape index (κ1) is 15.8. The molecule has 21 heavy (non-hydrogen) atoms. The molecule has 0 aromatic heterocycles. The fourth-order valence-corrected chi connectivity index (χ4v) is 4.19. The predicted molar refractivity (Wildman–Crippen MR) is 80.7 cm³/mol. The topological polar surface area (TPSA) is 86.7 Å². The van der Waals surface area contributed by atoms with Crippen LogP contribution >= 0.6 is 0 Å². The van der Waals surface area contributed by atoms with Gasteiger partial charge in [0.1, 0.15) is 0 Å². The van der Waals surface area contributed by atoms with Gasteiger partial charge in [0.05, 0.1) is 11.3 Å². The minimum absolute atomic E-state index is 0.0387. The number of benzene rings is 1. The first-order chi connectivity index (χ1) is 9.83. The van der Waals surface area contributed by atoms with Crippen LogP contribution in [-0.2, 0) is 10.2 Å². The van der Waals surface area contributed by atoms with Crippen LogP contribution in [0.3, 0.4) is 0 Å². The summed E-state index contributed by atoms with van der Waals surface area (Å²) in [6.07, 6.45) is 2.66.